The highest BCUT2D eigenvalue weighted by molar-refractivity contribution is 9.11. The van der Waals surface area contributed by atoms with Crippen LogP contribution in [0.15, 0.2) is 27.1 Å². The van der Waals surface area contributed by atoms with Gasteiger partial charge in [0.05, 0.1) is 0 Å². The lowest BCUT2D eigenvalue weighted by molar-refractivity contribution is 0.808. The van der Waals surface area contributed by atoms with Gasteiger partial charge in [-0.3, -0.25) is 0 Å². The number of rotatable bonds is 1. The lowest BCUT2D eigenvalue weighted by atomic mass is 10.1. The van der Waals surface area contributed by atoms with Gasteiger partial charge in [-0.05, 0) is 24.6 Å². The summed E-state index contributed by atoms with van der Waals surface area (Å²) in [7, 11) is 0. The Morgan fingerprint density at radius 1 is 1.27 bits per heavy atom. The van der Waals surface area contributed by atoms with Crippen LogP contribution in [0.2, 0.25) is 0 Å². The minimum atomic E-state index is 0.0555. The van der Waals surface area contributed by atoms with Crippen molar-refractivity contribution in [3.63, 3.8) is 0 Å². The lowest BCUT2D eigenvalue weighted by Gasteiger charge is -2.09. The zero-order valence-electron chi connectivity index (χ0n) is 6.14. The number of nitrogens with two attached hydrogens (primary N) is 1. The summed E-state index contributed by atoms with van der Waals surface area (Å²) in [5.41, 5.74) is 6.87. The van der Waals surface area contributed by atoms with Crippen LogP contribution >= 0.6 is 31.9 Å². The van der Waals surface area contributed by atoms with Crippen LogP contribution in [0.3, 0.4) is 0 Å². The number of benzene rings is 1. The summed E-state index contributed by atoms with van der Waals surface area (Å²) in [4.78, 5) is 0. The fourth-order valence-electron chi connectivity index (χ4n) is 0.946. The lowest BCUT2D eigenvalue weighted by Crippen LogP contribution is -2.06. The summed E-state index contributed by atoms with van der Waals surface area (Å²) >= 11 is 6.88. The van der Waals surface area contributed by atoms with Crippen LogP contribution in [0.5, 0.6) is 0 Å². The largest absolute Gasteiger partial charge is 0.324 e. The maximum atomic E-state index is 5.76. The standard InChI is InChI=1S/C8H9Br2N/c1-5(11)8-6(9)3-2-4-7(8)10/h2-5H,11H2,1H3/t5-/m0/s1. The summed E-state index contributed by atoms with van der Waals surface area (Å²) in [5, 5.41) is 0. The van der Waals surface area contributed by atoms with E-state index in [0.29, 0.717) is 0 Å². The fourth-order valence-corrected chi connectivity index (χ4v) is 2.67. The van der Waals surface area contributed by atoms with Crippen molar-refractivity contribution in [2.45, 2.75) is 13.0 Å². The van der Waals surface area contributed by atoms with Crippen LogP contribution in [0.4, 0.5) is 0 Å². The first kappa shape index (κ1) is 9.23. The predicted octanol–water partition coefficient (Wildman–Crippen LogP) is 3.23. The molecular formula is C8H9Br2N. The van der Waals surface area contributed by atoms with Crippen LogP contribution in [0, 0.1) is 0 Å². The van der Waals surface area contributed by atoms with Crippen molar-refractivity contribution in [2.24, 2.45) is 5.73 Å². The third-order valence-corrected chi connectivity index (χ3v) is 2.84. The molecule has 0 spiro atoms. The molecule has 0 aliphatic heterocycles. The Bertz CT molecular complexity index is 238. The van der Waals surface area contributed by atoms with E-state index in [-0.39, 0.29) is 6.04 Å². The zero-order chi connectivity index (χ0) is 8.43. The average Bonchev–Trinajstić information content (AvgIpc) is 1.85. The normalized spacial score (nSPS) is 13.1. The van der Waals surface area contributed by atoms with E-state index in [4.69, 9.17) is 5.73 Å². The third kappa shape index (κ3) is 2.04. The molecule has 60 valence electrons. The van der Waals surface area contributed by atoms with Gasteiger partial charge in [0.25, 0.3) is 0 Å². The summed E-state index contributed by atoms with van der Waals surface area (Å²) in [5.74, 6) is 0. The second-order valence-corrected chi connectivity index (χ2v) is 4.13. The number of hydrogen-bond donors (Lipinski definition) is 1. The Morgan fingerprint density at radius 3 is 2.00 bits per heavy atom. The molecule has 0 radical (unpaired) electrons. The van der Waals surface area contributed by atoms with Gasteiger partial charge in [-0.2, -0.15) is 0 Å². The van der Waals surface area contributed by atoms with E-state index in [1.165, 1.54) is 0 Å². The van der Waals surface area contributed by atoms with E-state index >= 15 is 0 Å². The van der Waals surface area contributed by atoms with Crippen molar-refractivity contribution in [3.8, 4) is 0 Å². The van der Waals surface area contributed by atoms with E-state index < -0.39 is 0 Å². The Morgan fingerprint density at radius 2 is 1.73 bits per heavy atom. The van der Waals surface area contributed by atoms with Crippen molar-refractivity contribution in [2.75, 3.05) is 0 Å². The summed E-state index contributed by atoms with van der Waals surface area (Å²) < 4.78 is 2.11. The molecule has 1 aromatic carbocycles. The zero-order valence-corrected chi connectivity index (χ0v) is 9.31. The molecule has 0 aliphatic rings. The van der Waals surface area contributed by atoms with Gasteiger partial charge in [-0.15, -0.1) is 0 Å². The quantitative estimate of drug-likeness (QED) is 0.839. The Balaban J connectivity index is 3.21. The molecule has 0 unspecified atom stereocenters. The molecule has 1 atom stereocenters. The topological polar surface area (TPSA) is 26.0 Å². The SMILES string of the molecule is C[C@H](N)c1c(Br)cccc1Br. The Hall–Kier alpha value is 0.140. The van der Waals surface area contributed by atoms with E-state index in [9.17, 15) is 0 Å². The molecule has 0 aromatic heterocycles. The van der Waals surface area contributed by atoms with Crippen LogP contribution in [0.1, 0.15) is 18.5 Å². The van der Waals surface area contributed by atoms with Gasteiger partial charge in [0.1, 0.15) is 0 Å². The van der Waals surface area contributed by atoms with Crippen molar-refractivity contribution in [1.82, 2.24) is 0 Å². The molecule has 0 aliphatic carbocycles. The molecule has 3 heteroatoms. The third-order valence-electron chi connectivity index (χ3n) is 1.46. The van der Waals surface area contributed by atoms with Crippen LogP contribution in [-0.2, 0) is 0 Å². The number of hydrogen-bond acceptors (Lipinski definition) is 1. The minimum Gasteiger partial charge on any atom is -0.324 e. The van der Waals surface area contributed by atoms with Gasteiger partial charge in [-0.1, -0.05) is 37.9 Å². The van der Waals surface area contributed by atoms with Gasteiger partial charge in [-0.25, -0.2) is 0 Å². The number of halogens is 2. The van der Waals surface area contributed by atoms with Crippen molar-refractivity contribution >= 4 is 31.9 Å². The molecule has 1 aromatic rings. The van der Waals surface area contributed by atoms with Crippen molar-refractivity contribution < 1.29 is 0 Å². The highest BCUT2D eigenvalue weighted by atomic mass is 79.9. The van der Waals surface area contributed by atoms with Crippen LogP contribution < -0.4 is 5.73 Å². The summed E-state index contributed by atoms with van der Waals surface area (Å²) in [6.07, 6.45) is 0. The van der Waals surface area contributed by atoms with E-state index in [1.807, 2.05) is 25.1 Å². The minimum absolute atomic E-state index is 0.0555. The average molecular weight is 279 g/mol. The molecule has 0 bridgehead atoms. The van der Waals surface area contributed by atoms with Gasteiger partial charge in [0.2, 0.25) is 0 Å². The molecule has 0 amide bonds. The Labute approximate surface area is 83.2 Å². The molecule has 0 heterocycles. The monoisotopic (exact) mass is 277 g/mol. The fraction of sp³-hybridized carbons (Fsp3) is 0.250. The first-order chi connectivity index (χ1) is 5.13. The molecule has 11 heavy (non-hydrogen) atoms. The van der Waals surface area contributed by atoms with Gasteiger partial charge in [0.15, 0.2) is 0 Å². The Kier molecular flexibility index (Phi) is 3.10. The molecular weight excluding hydrogens is 270 g/mol. The van der Waals surface area contributed by atoms with E-state index in [0.717, 1.165) is 14.5 Å². The van der Waals surface area contributed by atoms with Crippen molar-refractivity contribution in [1.29, 1.82) is 0 Å². The van der Waals surface area contributed by atoms with Crippen molar-refractivity contribution in [3.05, 3.63) is 32.7 Å². The van der Waals surface area contributed by atoms with Gasteiger partial charge < -0.3 is 5.73 Å². The maximum Gasteiger partial charge on any atom is 0.0288 e. The second-order valence-electron chi connectivity index (χ2n) is 2.42. The molecule has 0 saturated heterocycles. The molecule has 2 N–H and O–H groups in total. The van der Waals surface area contributed by atoms with E-state index in [1.54, 1.807) is 0 Å². The maximum absolute atomic E-state index is 5.76. The smallest absolute Gasteiger partial charge is 0.0288 e. The highest BCUT2D eigenvalue weighted by Gasteiger charge is 2.07. The van der Waals surface area contributed by atoms with Crippen LogP contribution in [-0.4, -0.2) is 0 Å². The molecule has 0 fully saturated rings. The first-order valence-corrected chi connectivity index (χ1v) is 4.91. The predicted molar refractivity (Wildman–Crippen MR) is 54.4 cm³/mol. The molecule has 1 nitrogen and oxygen atoms in total. The highest BCUT2D eigenvalue weighted by Crippen LogP contribution is 2.29. The van der Waals surface area contributed by atoms with Gasteiger partial charge in [0, 0.05) is 15.0 Å². The summed E-state index contributed by atoms with van der Waals surface area (Å²) in [6, 6.07) is 6.01. The molecule has 0 saturated carbocycles. The van der Waals surface area contributed by atoms with Crippen LogP contribution in [0.25, 0.3) is 0 Å². The van der Waals surface area contributed by atoms with E-state index in [2.05, 4.69) is 31.9 Å². The van der Waals surface area contributed by atoms with Gasteiger partial charge >= 0.3 is 0 Å². The first-order valence-electron chi connectivity index (χ1n) is 3.32. The second kappa shape index (κ2) is 3.70. The summed E-state index contributed by atoms with van der Waals surface area (Å²) in [6.45, 7) is 1.96. The molecule has 1 rings (SSSR count).